The molecule has 2 atom stereocenters. The Bertz CT molecular complexity index is 857. The van der Waals surface area contributed by atoms with Crippen molar-refractivity contribution in [1.82, 2.24) is 10.6 Å². The average molecular weight is 684 g/mol. The van der Waals surface area contributed by atoms with Gasteiger partial charge >= 0.3 is 5.97 Å². The molecule has 1 saturated heterocycles. The first-order chi connectivity index (χ1) is 23.5. The van der Waals surface area contributed by atoms with Crippen molar-refractivity contribution in [3.63, 3.8) is 0 Å². The smallest absolute Gasteiger partial charge is 0.326 e. The molecule has 1 aliphatic rings. The zero-order valence-corrected chi connectivity index (χ0v) is 29.3. The topological polar surface area (TPSA) is 167 Å². The number of amides is 2. The summed E-state index contributed by atoms with van der Waals surface area (Å²) in [6.45, 7) is 2.90. The second-order valence-electron chi connectivity index (χ2n) is 12.5. The van der Waals surface area contributed by atoms with Gasteiger partial charge < -0.3 is 34.7 Å². The van der Waals surface area contributed by atoms with Gasteiger partial charge in [-0.2, -0.15) is 0 Å². The maximum atomic E-state index is 13.2. The summed E-state index contributed by atoms with van der Waals surface area (Å²) in [6.07, 6.45) is 19.7. The molecule has 2 amide bonds. The molecule has 1 radical (unpaired) electrons. The highest BCUT2D eigenvalue weighted by molar-refractivity contribution is 6.02. The molecule has 0 aromatic heterocycles. The Morgan fingerprint density at radius 3 is 1.52 bits per heavy atom. The van der Waals surface area contributed by atoms with Gasteiger partial charge in [0.1, 0.15) is 11.8 Å². The van der Waals surface area contributed by atoms with Crippen molar-refractivity contribution in [2.45, 2.75) is 134 Å². The summed E-state index contributed by atoms with van der Waals surface area (Å²) in [6, 6.07) is -1.33. The SMILES string of the molecule is O=[C]CCOCCOCCOCCOCCNC(=O)C1C[C@@H](C(=O)O)NC(=O)CCCCCCCCCCCCCCCCCCC1=O. The van der Waals surface area contributed by atoms with Crippen LogP contribution in [0.5, 0.6) is 0 Å². The molecular formula is C36H63N2O10. The van der Waals surface area contributed by atoms with Crippen molar-refractivity contribution in [1.29, 1.82) is 0 Å². The Hall–Kier alpha value is -2.41. The maximum Gasteiger partial charge on any atom is 0.326 e. The fraction of sp³-hybridized carbons (Fsp3) is 0.861. The minimum Gasteiger partial charge on any atom is -0.480 e. The first kappa shape index (κ1) is 43.6. The van der Waals surface area contributed by atoms with Gasteiger partial charge in [0, 0.05) is 25.8 Å². The standard InChI is InChI=1S/C36H63N2O10/c39-21-17-22-45-24-26-47-28-29-48-27-25-46-23-20-37-35(42)31-30-32(36(43)44)38-34(41)19-16-14-12-10-8-6-4-2-1-3-5-7-9-11-13-15-18-33(31)40/h31-32H,1-20,22-30H2,(H,37,42)(H,38,41)(H,43,44)/t31?,32-/m0/s1. The predicted molar refractivity (Wildman–Crippen MR) is 182 cm³/mol. The van der Waals surface area contributed by atoms with Crippen LogP contribution in [0.4, 0.5) is 0 Å². The minimum absolute atomic E-state index is 0.150. The fourth-order valence-electron chi connectivity index (χ4n) is 5.59. The Balaban J connectivity index is 2.51. The Kier molecular flexibility index (Phi) is 28.9. The number of rotatable bonds is 17. The van der Waals surface area contributed by atoms with Gasteiger partial charge in [0.25, 0.3) is 0 Å². The molecule has 0 aromatic rings. The Morgan fingerprint density at radius 2 is 1.06 bits per heavy atom. The lowest BCUT2D eigenvalue weighted by molar-refractivity contribution is -0.143. The number of aliphatic carboxylic acids is 1. The van der Waals surface area contributed by atoms with Crippen LogP contribution in [0.1, 0.15) is 128 Å². The summed E-state index contributed by atoms with van der Waals surface area (Å²) in [5.41, 5.74) is 0. The van der Waals surface area contributed by atoms with Crippen molar-refractivity contribution >= 4 is 29.9 Å². The highest BCUT2D eigenvalue weighted by Crippen LogP contribution is 2.18. The molecule has 12 heteroatoms. The van der Waals surface area contributed by atoms with Crippen LogP contribution in [0.15, 0.2) is 0 Å². The molecule has 1 heterocycles. The van der Waals surface area contributed by atoms with Gasteiger partial charge in [0.2, 0.25) is 18.1 Å². The van der Waals surface area contributed by atoms with Crippen LogP contribution in [-0.2, 0) is 42.9 Å². The van der Waals surface area contributed by atoms with Crippen LogP contribution in [-0.4, -0.2) is 100 Å². The number of carboxylic acid groups (broad SMARTS) is 1. The van der Waals surface area contributed by atoms with Gasteiger partial charge in [-0.05, 0) is 19.3 Å². The van der Waals surface area contributed by atoms with E-state index in [9.17, 15) is 29.1 Å². The Labute approximate surface area is 288 Å². The number of carbonyl (C=O) groups is 4. The molecule has 3 N–H and O–H groups in total. The van der Waals surface area contributed by atoms with E-state index < -0.39 is 23.8 Å². The largest absolute Gasteiger partial charge is 0.480 e. The van der Waals surface area contributed by atoms with Gasteiger partial charge in [-0.3, -0.25) is 19.2 Å². The third-order valence-electron chi connectivity index (χ3n) is 8.40. The zero-order valence-electron chi connectivity index (χ0n) is 29.3. The average Bonchev–Trinajstić information content (AvgIpc) is 3.07. The number of nitrogens with one attached hydrogen (secondary N) is 2. The molecule has 0 aromatic carbocycles. The monoisotopic (exact) mass is 683 g/mol. The number of ketones is 1. The number of carboxylic acids is 1. The van der Waals surface area contributed by atoms with Crippen molar-refractivity contribution in [3.05, 3.63) is 0 Å². The third-order valence-corrected chi connectivity index (χ3v) is 8.40. The highest BCUT2D eigenvalue weighted by atomic mass is 16.6. The first-order valence-corrected chi connectivity index (χ1v) is 18.4. The Morgan fingerprint density at radius 1 is 0.646 bits per heavy atom. The zero-order chi connectivity index (χ0) is 34.9. The molecule has 1 rings (SSSR count). The van der Waals surface area contributed by atoms with E-state index in [1.165, 1.54) is 51.4 Å². The summed E-state index contributed by atoms with van der Waals surface area (Å²) in [4.78, 5) is 61.1. The molecule has 1 unspecified atom stereocenters. The summed E-state index contributed by atoms with van der Waals surface area (Å²) >= 11 is 0. The van der Waals surface area contributed by atoms with E-state index in [2.05, 4.69) is 10.6 Å². The van der Waals surface area contributed by atoms with Crippen LogP contribution in [0.3, 0.4) is 0 Å². The highest BCUT2D eigenvalue weighted by Gasteiger charge is 2.32. The predicted octanol–water partition coefficient (Wildman–Crippen LogP) is 4.85. The second-order valence-corrected chi connectivity index (χ2v) is 12.5. The van der Waals surface area contributed by atoms with Crippen LogP contribution in [0, 0.1) is 5.92 Å². The van der Waals surface area contributed by atoms with Crippen molar-refractivity contribution in [2.24, 2.45) is 5.92 Å². The van der Waals surface area contributed by atoms with E-state index in [0.29, 0.717) is 59.1 Å². The van der Waals surface area contributed by atoms with Crippen LogP contribution < -0.4 is 10.6 Å². The van der Waals surface area contributed by atoms with Gasteiger partial charge in [-0.1, -0.05) is 89.9 Å². The number of hydrogen-bond donors (Lipinski definition) is 3. The lowest BCUT2D eigenvalue weighted by Crippen LogP contribution is -2.46. The molecule has 0 aliphatic carbocycles. The normalized spacial score (nSPS) is 20.7. The van der Waals surface area contributed by atoms with E-state index in [1.807, 2.05) is 0 Å². The van der Waals surface area contributed by atoms with Gasteiger partial charge in [0.15, 0.2) is 0 Å². The van der Waals surface area contributed by atoms with Crippen LogP contribution in [0.25, 0.3) is 0 Å². The van der Waals surface area contributed by atoms with Crippen molar-refractivity contribution < 1.29 is 48.0 Å². The van der Waals surface area contributed by atoms with E-state index in [4.69, 9.17) is 18.9 Å². The number of carbonyl (C=O) groups excluding carboxylic acids is 4. The summed E-state index contributed by atoms with van der Waals surface area (Å²) in [5, 5.41) is 15.1. The van der Waals surface area contributed by atoms with Crippen molar-refractivity contribution in [3.8, 4) is 0 Å². The van der Waals surface area contributed by atoms with Crippen molar-refractivity contribution in [2.75, 3.05) is 59.4 Å². The van der Waals surface area contributed by atoms with Gasteiger partial charge in [-0.15, -0.1) is 0 Å². The maximum absolute atomic E-state index is 13.2. The number of ether oxygens (including phenoxy) is 4. The minimum atomic E-state index is -1.33. The summed E-state index contributed by atoms with van der Waals surface area (Å²) in [7, 11) is 0. The quantitative estimate of drug-likeness (QED) is 0.143. The first-order valence-electron chi connectivity index (χ1n) is 18.4. The summed E-state index contributed by atoms with van der Waals surface area (Å²) in [5.74, 6) is -3.65. The summed E-state index contributed by atoms with van der Waals surface area (Å²) < 4.78 is 21.5. The number of hydrogen-bond acceptors (Lipinski definition) is 9. The van der Waals surface area contributed by atoms with E-state index in [1.54, 1.807) is 6.29 Å². The molecule has 0 bridgehead atoms. The second kappa shape index (κ2) is 31.8. The molecule has 0 saturated carbocycles. The van der Waals surface area contributed by atoms with Gasteiger partial charge in [-0.25, -0.2) is 4.79 Å². The lowest BCUT2D eigenvalue weighted by Gasteiger charge is -2.21. The molecule has 48 heavy (non-hydrogen) atoms. The molecule has 1 fully saturated rings. The van der Waals surface area contributed by atoms with E-state index in [-0.39, 0.29) is 50.5 Å². The van der Waals surface area contributed by atoms with Gasteiger partial charge in [0.05, 0.1) is 58.8 Å². The van der Waals surface area contributed by atoms with Crippen LogP contribution >= 0.6 is 0 Å². The fourth-order valence-corrected chi connectivity index (χ4v) is 5.59. The number of Topliss-reactive ketones (excluding diaryl/α,β-unsaturated/α-hetero) is 1. The third kappa shape index (κ3) is 25.6. The van der Waals surface area contributed by atoms with E-state index >= 15 is 0 Å². The molecule has 1 aliphatic heterocycles. The van der Waals surface area contributed by atoms with Crippen LogP contribution in [0.2, 0.25) is 0 Å². The lowest BCUT2D eigenvalue weighted by atomic mass is 9.91. The molecule has 277 valence electrons. The van der Waals surface area contributed by atoms with E-state index in [0.717, 1.165) is 38.5 Å². The molecule has 0 spiro atoms. The molecule has 12 nitrogen and oxygen atoms in total. The molecular weight excluding hydrogens is 620 g/mol.